The van der Waals surface area contributed by atoms with Crippen LogP contribution < -0.4 is 14.8 Å². The molecule has 6 heteroatoms. The predicted octanol–water partition coefficient (Wildman–Crippen LogP) is 1.78. The first kappa shape index (κ1) is 14.5. The zero-order valence-corrected chi connectivity index (χ0v) is 11.9. The number of likely N-dealkylation sites (N-methyl/N-ethyl adjacent to an activating group) is 1. The first-order valence-electron chi connectivity index (χ1n) is 5.24. The van der Waals surface area contributed by atoms with Crippen molar-refractivity contribution in [1.82, 2.24) is 5.32 Å². The summed E-state index contributed by atoms with van der Waals surface area (Å²) in [4.78, 5) is 22.1. The fraction of sp³-hybridized carbons (Fsp3) is 0.333. The molecule has 1 unspecified atom stereocenters. The Morgan fingerprint density at radius 1 is 1.50 bits per heavy atom. The second-order valence-electron chi connectivity index (χ2n) is 3.53. The molecule has 1 N–H and O–H groups in total. The number of ether oxygens (including phenoxy) is 2. The summed E-state index contributed by atoms with van der Waals surface area (Å²) in [6.45, 7) is 1.62. The second-order valence-corrected chi connectivity index (χ2v) is 4.38. The van der Waals surface area contributed by atoms with E-state index >= 15 is 0 Å². The van der Waals surface area contributed by atoms with E-state index < -0.39 is 6.10 Å². The largest absolute Gasteiger partial charge is 0.493 e. The Morgan fingerprint density at radius 3 is 2.67 bits per heavy atom. The second kappa shape index (κ2) is 6.39. The van der Waals surface area contributed by atoms with Crippen LogP contribution in [0.25, 0.3) is 0 Å². The van der Waals surface area contributed by atoms with Crippen LogP contribution in [0.3, 0.4) is 0 Å². The van der Waals surface area contributed by atoms with Gasteiger partial charge in [-0.15, -0.1) is 0 Å². The first-order valence-corrected chi connectivity index (χ1v) is 6.03. The zero-order chi connectivity index (χ0) is 13.7. The van der Waals surface area contributed by atoms with E-state index in [-0.39, 0.29) is 5.91 Å². The van der Waals surface area contributed by atoms with Gasteiger partial charge in [0.1, 0.15) is 6.29 Å². The van der Waals surface area contributed by atoms with Crippen LogP contribution in [0, 0.1) is 0 Å². The van der Waals surface area contributed by atoms with Crippen LogP contribution in [0.15, 0.2) is 16.6 Å². The lowest BCUT2D eigenvalue weighted by Gasteiger charge is -2.17. The van der Waals surface area contributed by atoms with Gasteiger partial charge in [0.2, 0.25) is 0 Å². The summed E-state index contributed by atoms with van der Waals surface area (Å²) in [6, 6.07) is 3.14. The molecule has 1 amide bonds. The van der Waals surface area contributed by atoms with Crippen molar-refractivity contribution in [3.63, 3.8) is 0 Å². The van der Waals surface area contributed by atoms with Gasteiger partial charge >= 0.3 is 0 Å². The summed E-state index contributed by atoms with van der Waals surface area (Å²) < 4.78 is 11.2. The monoisotopic (exact) mass is 315 g/mol. The molecule has 0 aliphatic carbocycles. The molecule has 98 valence electrons. The van der Waals surface area contributed by atoms with Crippen molar-refractivity contribution >= 4 is 28.1 Å². The van der Waals surface area contributed by atoms with Crippen LogP contribution in [-0.2, 0) is 4.79 Å². The third-order valence-corrected chi connectivity index (χ3v) is 2.89. The molecule has 1 atom stereocenters. The SMILES string of the molecule is CNC(=O)C(C)Oc1c(Br)cc(C=O)cc1OC. The van der Waals surface area contributed by atoms with Crippen LogP contribution in [0.5, 0.6) is 11.5 Å². The van der Waals surface area contributed by atoms with Gasteiger partial charge in [-0.3, -0.25) is 9.59 Å². The van der Waals surface area contributed by atoms with Crippen molar-refractivity contribution in [3.8, 4) is 11.5 Å². The zero-order valence-electron chi connectivity index (χ0n) is 10.3. The van der Waals surface area contributed by atoms with E-state index in [4.69, 9.17) is 9.47 Å². The molecule has 0 saturated heterocycles. The average molecular weight is 316 g/mol. The lowest BCUT2D eigenvalue weighted by molar-refractivity contribution is -0.126. The van der Waals surface area contributed by atoms with Gasteiger partial charge in [0.05, 0.1) is 11.6 Å². The lowest BCUT2D eigenvalue weighted by Crippen LogP contribution is -2.33. The fourth-order valence-electron chi connectivity index (χ4n) is 1.36. The Hall–Kier alpha value is -1.56. The van der Waals surface area contributed by atoms with Crippen LogP contribution in [0.1, 0.15) is 17.3 Å². The van der Waals surface area contributed by atoms with E-state index in [1.165, 1.54) is 14.2 Å². The van der Waals surface area contributed by atoms with Crippen molar-refractivity contribution in [1.29, 1.82) is 0 Å². The van der Waals surface area contributed by atoms with Crippen molar-refractivity contribution in [2.75, 3.05) is 14.2 Å². The third kappa shape index (κ3) is 3.22. The normalized spacial score (nSPS) is 11.6. The fourth-order valence-corrected chi connectivity index (χ4v) is 1.91. The summed E-state index contributed by atoms with van der Waals surface area (Å²) in [5, 5.41) is 2.49. The van der Waals surface area contributed by atoms with E-state index in [0.717, 1.165) is 0 Å². The maximum atomic E-state index is 11.4. The lowest BCUT2D eigenvalue weighted by atomic mass is 10.2. The Kier molecular flexibility index (Phi) is 5.15. The Morgan fingerprint density at radius 2 is 2.17 bits per heavy atom. The number of hydrogen-bond acceptors (Lipinski definition) is 4. The van der Waals surface area contributed by atoms with Gasteiger partial charge in [-0.25, -0.2) is 0 Å². The summed E-state index contributed by atoms with van der Waals surface area (Å²) in [5.41, 5.74) is 0.457. The number of benzene rings is 1. The maximum absolute atomic E-state index is 11.4. The van der Waals surface area contributed by atoms with Gasteiger partial charge in [0.25, 0.3) is 5.91 Å². The molecule has 0 heterocycles. The average Bonchev–Trinajstić information content (AvgIpc) is 2.39. The van der Waals surface area contributed by atoms with Gasteiger partial charge in [-0.1, -0.05) is 0 Å². The topological polar surface area (TPSA) is 64.6 Å². The number of carbonyl (C=O) groups is 2. The molecule has 0 aliphatic rings. The summed E-state index contributed by atoms with van der Waals surface area (Å²) in [7, 11) is 3.00. The molecule has 5 nitrogen and oxygen atoms in total. The van der Waals surface area contributed by atoms with Crippen LogP contribution >= 0.6 is 15.9 Å². The molecule has 0 bridgehead atoms. The number of aldehydes is 1. The van der Waals surface area contributed by atoms with Crippen LogP contribution in [-0.4, -0.2) is 32.5 Å². The minimum atomic E-state index is -0.665. The molecular weight excluding hydrogens is 302 g/mol. The summed E-state index contributed by atoms with van der Waals surface area (Å²) >= 11 is 3.28. The van der Waals surface area contributed by atoms with E-state index in [1.54, 1.807) is 19.1 Å². The van der Waals surface area contributed by atoms with Crippen molar-refractivity contribution < 1.29 is 19.1 Å². The predicted molar refractivity (Wildman–Crippen MR) is 70.2 cm³/mol. The van der Waals surface area contributed by atoms with Crippen LogP contribution in [0.4, 0.5) is 0 Å². The number of methoxy groups -OCH3 is 1. The molecule has 1 aromatic carbocycles. The molecule has 0 saturated carbocycles. The minimum Gasteiger partial charge on any atom is -0.493 e. The third-order valence-electron chi connectivity index (χ3n) is 2.30. The Balaban J connectivity index is 3.08. The molecule has 1 aromatic rings. The summed E-state index contributed by atoms with van der Waals surface area (Å²) in [6.07, 6.45) is 0.0430. The van der Waals surface area contributed by atoms with Crippen molar-refractivity contribution in [2.45, 2.75) is 13.0 Å². The molecule has 0 aromatic heterocycles. The van der Waals surface area contributed by atoms with Gasteiger partial charge < -0.3 is 14.8 Å². The number of carbonyl (C=O) groups excluding carboxylic acids is 2. The highest BCUT2D eigenvalue weighted by Gasteiger charge is 2.18. The van der Waals surface area contributed by atoms with Crippen molar-refractivity contribution in [2.24, 2.45) is 0 Å². The highest BCUT2D eigenvalue weighted by atomic mass is 79.9. The molecule has 0 radical (unpaired) electrons. The maximum Gasteiger partial charge on any atom is 0.260 e. The van der Waals surface area contributed by atoms with E-state index in [0.29, 0.717) is 27.8 Å². The van der Waals surface area contributed by atoms with Crippen molar-refractivity contribution in [3.05, 3.63) is 22.2 Å². The molecule has 0 aliphatic heterocycles. The molecule has 0 spiro atoms. The highest BCUT2D eigenvalue weighted by Crippen LogP contribution is 2.36. The Labute approximate surface area is 114 Å². The first-order chi connectivity index (χ1) is 8.53. The molecule has 0 fully saturated rings. The van der Waals surface area contributed by atoms with E-state index in [2.05, 4.69) is 21.2 Å². The number of nitrogens with one attached hydrogen (secondary N) is 1. The minimum absolute atomic E-state index is 0.247. The standard InChI is InChI=1S/C12H14BrNO4/c1-7(12(16)14-2)18-11-9(13)4-8(6-15)5-10(11)17-3/h4-7H,1-3H3,(H,14,16). The number of halogens is 1. The molecule has 1 rings (SSSR count). The number of hydrogen-bond donors (Lipinski definition) is 1. The van der Waals surface area contributed by atoms with Gasteiger partial charge in [0, 0.05) is 12.6 Å². The number of amides is 1. The van der Waals surface area contributed by atoms with Gasteiger partial charge in [0.15, 0.2) is 17.6 Å². The number of rotatable bonds is 5. The smallest absolute Gasteiger partial charge is 0.260 e. The van der Waals surface area contributed by atoms with E-state index in [1.807, 2.05) is 0 Å². The summed E-state index contributed by atoms with van der Waals surface area (Å²) in [5.74, 6) is 0.532. The molecule has 18 heavy (non-hydrogen) atoms. The molecular formula is C12H14BrNO4. The van der Waals surface area contributed by atoms with Crippen LogP contribution in [0.2, 0.25) is 0 Å². The van der Waals surface area contributed by atoms with E-state index in [9.17, 15) is 9.59 Å². The van der Waals surface area contributed by atoms with Gasteiger partial charge in [-0.05, 0) is 35.0 Å². The Bertz CT molecular complexity index is 462. The van der Waals surface area contributed by atoms with Gasteiger partial charge in [-0.2, -0.15) is 0 Å². The quantitative estimate of drug-likeness (QED) is 0.841. The highest BCUT2D eigenvalue weighted by molar-refractivity contribution is 9.10.